The molecule has 0 aliphatic carbocycles. The molecule has 0 saturated heterocycles. The first-order valence-corrected chi connectivity index (χ1v) is 8.85. The van der Waals surface area contributed by atoms with E-state index in [0.29, 0.717) is 12.3 Å². The Morgan fingerprint density at radius 1 is 1.17 bits per heavy atom. The number of amides is 1. The maximum absolute atomic E-state index is 11.6. The average molecular weight is 330 g/mol. The van der Waals surface area contributed by atoms with Gasteiger partial charge in [-0.3, -0.25) is 14.5 Å². The van der Waals surface area contributed by atoms with Crippen LogP contribution in [0.25, 0.3) is 11.1 Å². The van der Waals surface area contributed by atoms with Crippen molar-refractivity contribution in [2.45, 2.75) is 45.9 Å². The lowest BCUT2D eigenvalue weighted by molar-refractivity contribution is -0.119. The van der Waals surface area contributed by atoms with Gasteiger partial charge < -0.3 is 0 Å². The van der Waals surface area contributed by atoms with E-state index in [1.54, 1.807) is 6.20 Å². The monoisotopic (exact) mass is 330 g/mol. The van der Waals surface area contributed by atoms with Crippen molar-refractivity contribution in [1.29, 1.82) is 0 Å². The third-order valence-corrected chi connectivity index (χ3v) is 3.89. The first-order chi connectivity index (χ1) is 11.1. The van der Waals surface area contributed by atoms with Gasteiger partial charge in [-0.2, -0.15) is 0 Å². The SMILES string of the molecule is CC.Cc1ncccc1-c1ccc(SNC(=O)CC(C)C)cc1. The van der Waals surface area contributed by atoms with Crippen molar-refractivity contribution in [2.75, 3.05) is 0 Å². The summed E-state index contributed by atoms with van der Waals surface area (Å²) in [6.07, 6.45) is 2.35. The Bertz CT molecular complexity index is 609. The van der Waals surface area contributed by atoms with Crippen LogP contribution in [0.4, 0.5) is 0 Å². The van der Waals surface area contributed by atoms with Gasteiger partial charge in [0.15, 0.2) is 0 Å². The molecule has 1 aromatic carbocycles. The third kappa shape index (κ3) is 6.45. The van der Waals surface area contributed by atoms with Crippen LogP contribution in [0, 0.1) is 12.8 Å². The standard InChI is InChI=1S/C17H20N2OS.C2H6/c1-12(2)11-17(20)19-21-15-8-6-14(7-9-15)16-5-4-10-18-13(16)3;1-2/h4-10,12H,11H2,1-3H3,(H,19,20);1-2H3. The molecule has 23 heavy (non-hydrogen) atoms. The molecule has 0 bridgehead atoms. The maximum atomic E-state index is 11.6. The summed E-state index contributed by atoms with van der Waals surface area (Å²) < 4.78 is 2.87. The highest BCUT2D eigenvalue weighted by Crippen LogP contribution is 2.24. The lowest BCUT2D eigenvalue weighted by atomic mass is 10.1. The van der Waals surface area contributed by atoms with Crippen LogP contribution in [0.1, 0.15) is 39.8 Å². The van der Waals surface area contributed by atoms with E-state index in [-0.39, 0.29) is 5.91 Å². The van der Waals surface area contributed by atoms with Gasteiger partial charge in [0.1, 0.15) is 0 Å². The van der Waals surface area contributed by atoms with E-state index < -0.39 is 0 Å². The van der Waals surface area contributed by atoms with Gasteiger partial charge in [0.05, 0.1) is 0 Å². The smallest absolute Gasteiger partial charge is 0.230 e. The van der Waals surface area contributed by atoms with E-state index in [2.05, 4.69) is 27.9 Å². The minimum absolute atomic E-state index is 0.0715. The zero-order chi connectivity index (χ0) is 17.2. The minimum atomic E-state index is 0.0715. The normalized spacial score (nSPS) is 10.0. The predicted octanol–water partition coefficient (Wildman–Crippen LogP) is 5.25. The fraction of sp³-hybridized carbons (Fsp3) is 0.368. The second-order valence-electron chi connectivity index (χ2n) is 5.39. The first kappa shape index (κ1) is 19.2. The summed E-state index contributed by atoms with van der Waals surface area (Å²) in [6.45, 7) is 10.1. The molecule has 0 unspecified atom stereocenters. The fourth-order valence-corrected chi connectivity index (χ4v) is 2.61. The molecule has 0 saturated carbocycles. The van der Waals surface area contributed by atoms with E-state index in [4.69, 9.17) is 0 Å². The van der Waals surface area contributed by atoms with Crippen LogP contribution >= 0.6 is 11.9 Å². The number of pyridine rings is 1. The molecule has 0 fully saturated rings. The number of nitrogens with zero attached hydrogens (tertiary/aromatic N) is 1. The Labute approximate surface area is 144 Å². The van der Waals surface area contributed by atoms with Crippen LogP contribution in [0.2, 0.25) is 0 Å². The Kier molecular flexibility index (Phi) is 8.41. The number of hydrogen-bond donors (Lipinski definition) is 1. The molecular formula is C19H26N2OS. The Hall–Kier alpha value is -1.81. The molecule has 1 amide bonds. The summed E-state index contributed by atoms with van der Waals surface area (Å²) in [7, 11) is 0. The van der Waals surface area contributed by atoms with Gasteiger partial charge in [-0.15, -0.1) is 0 Å². The third-order valence-electron chi connectivity index (χ3n) is 3.05. The second kappa shape index (κ2) is 10.1. The van der Waals surface area contributed by atoms with Gasteiger partial charge in [0.2, 0.25) is 5.91 Å². The number of benzene rings is 1. The first-order valence-electron chi connectivity index (χ1n) is 8.04. The lowest BCUT2D eigenvalue weighted by Crippen LogP contribution is -2.17. The number of carbonyl (C=O) groups is 1. The van der Waals surface area contributed by atoms with Gasteiger partial charge in [-0.1, -0.05) is 45.9 Å². The van der Waals surface area contributed by atoms with Crippen molar-refractivity contribution in [3.8, 4) is 11.1 Å². The largest absolute Gasteiger partial charge is 0.296 e. The van der Waals surface area contributed by atoms with E-state index >= 15 is 0 Å². The molecule has 2 aromatic rings. The van der Waals surface area contributed by atoms with Crippen LogP contribution in [0.3, 0.4) is 0 Å². The van der Waals surface area contributed by atoms with Gasteiger partial charge in [-0.05, 0) is 48.6 Å². The molecule has 2 rings (SSSR count). The highest BCUT2D eigenvalue weighted by atomic mass is 32.2. The van der Waals surface area contributed by atoms with Crippen molar-refractivity contribution in [3.63, 3.8) is 0 Å². The quantitative estimate of drug-likeness (QED) is 0.761. The average Bonchev–Trinajstić information content (AvgIpc) is 2.55. The number of carbonyl (C=O) groups excluding carboxylic acids is 1. The number of nitrogens with one attached hydrogen (secondary N) is 1. The van der Waals surface area contributed by atoms with Crippen LogP contribution in [0.5, 0.6) is 0 Å². The molecule has 3 nitrogen and oxygen atoms in total. The molecule has 0 aliphatic heterocycles. The van der Waals surface area contributed by atoms with Crippen LogP contribution in [-0.4, -0.2) is 10.9 Å². The van der Waals surface area contributed by atoms with E-state index in [0.717, 1.165) is 21.7 Å². The van der Waals surface area contributed by atoms with Gasteiger partial charge in [0, 0.05) is 28.8 Å². The molecular weight excluding hydrogens is 304 g/mol. The molecule has 0 aliphatic rings. The van der Waals surface area contributed by atoms with Gasteiger partial charge in [0.25, 0.3) is 0 Å². The Balaban J connectivity index is 0.00000127. The fourth-order valence-electron chi connectivity index (χ4n) is 2.02. The summed E-state index contributed by atoms with van der Waals surface area (Å²) in [5, 5.41) is 0. The molecule has 4 heteroatoms. The van der Waals surface area contributed by atoms with Crippen molar-refractivity contribution in [2.24, 2.45) is 5.92 Å². The topological polar surface area (TPSA) is 42.0 Å². The summed E-state index contributed by atoms with van der Waals surface area (Å²) in [6, 6.07) is 12.2. The number of rotatable bonds is 5. The maximum Gasteiger partial charge on any atom is 0.230 e. The van der Waals surface area contributed by atoms with Gasteiger partial charge in [-0.25, -0.2) is 0 Å². The number of aromatic nitrogens is 1. The Morgan fingerprint density at radius 2 is 1.83 bits per heavy atom. The molecule has 0 spiro atoms. The van der Waals surface area contributed by atoms with E-state index in [1.807, 2.05) is 52.8 Å². The number of aryl methyl sites for hydroxylation is 1. The molecule has 124 valence electrons. The van der Waals surface area contributed by atoms with Crippen LogP contribution < -0.4 is 4.72 Å². The lowest BCUT2D eigenvalue weighted by Gasteiger charge is -2.08. The highest BCUT2D eigenvalue weighted by Gasteiger charge is 2.06. The van der Waals surface area contributed by atoms with Crippen molar-refractivity contribution < 1.29 is 4.79 Å². The summed E-state index contributed by atoms with van der Waals surface area (Å²) >= 11 is 1.36. The molecule has 1 heterocycles. The van der Waals surface area contributed by atoms with Gasteiger partial charge >= 0.3 is 0 Å². The molecule has 1 aromatic heterocycles. The predicted molar refractivity (Wildman–Crippen MR) is 99.2 cm³/mol. The van der Waals surface area contributed by atoms with Crippen LogP contribution in [0.15, 0.2) is 47.5 Å². The van der Waals surface area contributed by atoms with Crippen LogP contribution in [-0.2, 0) is 4.79 Å². The van der Waals surface area contributed by atoms with E-state index in [9.17, 15) is 4.79 Å². The second-order valence-corrected chi connectivity index (χ2v) is 6.27. The summed E-state index contributed by atoms with van der Waals surface area (Å²) in [5.74, 6) is 0.448. The van der Waals surface area contributed by atoms with Crippen molar-refractivity contribution >= 4 is 17.9 Å². The highest BCUT2D eigenvalue weighted by molar-refractivity contribution is 7.98. The minimum Gasteiger partial charge on any atom is -0.296 e. The zero-order valence-electron chi connectivity index (χ0n) is 14.6. The summed E-state index contributed by atoms with van der Waals surface area (Å²) in [4.78, 5) is 16.9. The van der Waals surface area contributed by atoms with Crippen molar-refractivity contribution in [3.05, 3.63) is 48.3 Å². The zero-order valence-corrected chi connectivity index (χ0v) is 15.4. The molecule has 0 atom stereocenters. The van der Waals surface area contributed by atoms with Crippen molar-refractivity contribution in [1.82, 2.24) is 9.71 Å². The van der Waals surface area contributed by atoms with E-state index in [1.165, 1.54) is 11.9 Å². The Morgan fingerprint density at radius 3 is 2.39 bits per heavy atom. The number of hydrogen-bond acceptors (Lipinski definition) is 3. The molecule has 1 N–H and O–H groups in total. The molecule has 0 radical (unpaired) electrons. The summed E-state index contributed by atoms with van der Waals surface area (Å²) in [5.41, 5.74) is 3.29.